The number of hydrogen-bond donors (Lipinski definition) is 0. The van der Waals surface area contributed by atoms with Gasteiger partial charge in [-0.25, -0.2) is 12.8 Å². The molecule has 2 heterocycles. The lowest BCUT2D eigenvalue weighted by Gasteiger charge is -2.34. The summed E-state index contributed by atoms with van der Waals surface area (Å²) in [7, 11) is -3.63. The standard InChI is InChI=1S/C24H24FN3O3S2/c1-4-11-28-21-10-7-19(25)13-22(21)32-24(28)26-23(29)18-5-8-20(9-6-18)33(30,31)27-14-16(2)12-17(3)15-27/h1,5-10,13,16-17H,11-12,14-15H2,2-3H3. The van der Waals surface area contributed by atoms with Crippen molar-refractivity contribution in [2.45, 2.75) is 31.7 Å². The number of amides is 1. The second kappa shape index (κ2) is 9.21. The molecule has 1 aromatic heterocycles. The van der Waals surface area contributed by atoms with Crippen molar-refractivity contribution < 1.29 is 17.6 Å². The molecule has 0 saturated carbocycles. The fraction of sp³-hybridized carbons (Fsp3) is 0.333. The highest BCUT2D eigenvalue weighted by Crippen LogP contribution is 2.27. The summed E-state index contributed by atoms with van der Waals surface area (Å²) in [6.45, 7) is 5.27. The van der Waals surface area contributed by atoms with E-state index in [1.165, 1.54) is 40.7 Å². The number of hydrogen-bond acceptors (Lipinski definition) is 4. The van der Waals surface area contributed by atoms with Gasteiger partial charge in [0.25, 0.3) is 5.91 Å². The van der Waals surface area contributed by atoms with Gasteiger partial charge >= 0.3 is 0 Å². The van der Waals surface area contributed by atoms with Crippen LogP contribution in [0.4, 0.5) is 4.39 Å². The number of rotatable bonds is 4. The minimum absolute atomic E-state index is 0.153. The molecule has 6 nitrogen and oxygen atoms in total. The van der Waals surface area contributed by atoms with Crippen LogP contribution in [0.1, 0.15) is 30.6 Å². The number of benzene rings is 2. The Labute approximate surface area is 196 Å². The van der Waals surface area contributed by atoms with Crippen LogP contribution in [0, 0.1) is 30.0 Å². The normalized spacial score (nSPS) is 20.1. The van der Waals surface area contributed by atoms with Crippen molar-refractivity contribution >= 4 is 37.5 Å². The average molecular weight is 486 g/mol. The number of carbonyl (C=O) groups excluding carboxylic acids is 1. The summed E-state index contributed by atoms with van der Waals surface area (Å²) in [4.78, 5) is 17.5. The fourth-order valence-electron chi connectivity index (χ4n) is 4.25. The number of carbonyl (C=O) groups is 1. The summed E-state index contributed by atoms with van der Waals surface area (Å²) in [6.07, 6.45) is 6.46. The maximum absolute atomic E-state index is 13.6. The van der Waals surface area contributed by atoms with E-state index in [0.29, 0.717) is 39.9 Å². The molecule has 33 heavy (non-hydrogen) atoms. The maximum atomic E-state index is 13.6. The average Bonchev–Trinajstić information content (AvgIpc) is 3.09. The van der Waals surface area contributed by atoms with Gasteiger partial charge in [-0.1, -0.05) is 31.1 Å². The topological polar surface area (TPSA) is 71.7 Å². The summed E-state index contributed by atoms with van der Waals surface area (Å²) < 4.78 is 43.6. The van der Waals surface area contributed by atoms with Gasteiger partial charge in [-0.05, 0) is 60.7 Å². The third-order valence-electron chi connectivity index (χ3n) is 5.67. The van der Waals surface area contributed by atoms with Crippen LogP contribution in [-0.4, -0.2) is 36.3 Å². The minimum atomic E-state index is -3.63. The third-order valence-corrected chi connectivity index (χ3v) is 8.55. The monoisotopic (exact) mass is 485 g/mol. The van der Waals surface area contributed by atoms with Gasteiger partial charge in [-0.2, -0.15) is 9.30 Å². The van der Waals surface area contributed by atoms with Crippen molar-refractivity contribution in [2.75, 3.05) is 13.1 Å². The van der Waals surface area contributed by atoms with Gasteiger partial charge in [0, 0.05) is 18.7 Å². The first-order chi connectivity index (χ1) is 15.7. The Balaban J connectivity index is 1.64. The van der Waals surface area contributed by atoms with Crippen molar-refractivity contribution in [3.63, 3.8) is 0 Å². The maximum Gasteiger partial charge on any atom is 0.279 e. The van der Waals surface area contributed by atoms with Crippen LogP contribution >= 0.6 is 11.3 Å². The van der Waals surface area contributed by atoms with Crippen LogP contribution in [0.2, 0.25) is 0 Å². The molecule has 1 amide bonds. The molecule has 0 spiro atoms. The van der Waals surface area contributed by atoms with Crippen molar-refractivity contribution in [2.24, 2.45) is 16.8 Å². The zero-order chi connectivity index (χ0) is 23.8. The first kappa shape index (κ1) is 23.4. The molecule has 1 saturated heterocycles. The number of halogens is 1. The van der Waals surface area contributed by atoms with E-state index in [9.17, 15) is 17.6 Å². The summed E-state index contributed by atoms with van der Waals surface area (Å²) in [6, 6.07) is 10.1. The van der Waals surface area contributed by atoms with E-state index in [0.717, 1.165) is 17.8 Å². The molecule has 1 aliphatic heterocycles. The molecule has 0 bridgehead atoms. The minimum Gasteiger partial charge on any atom is -0.305 e. The SMILES string of the molecule is C#CCn1c(=NC(=O)c2ccc(S(=O)(=O)N3CC(C)CC(C)C3)cc2)sc2cc(F)ccc21. The zero-order valence-electron chi connectivity index (χ0n) is 18.4. The second-order valence-electron chi connectivity index (χ2n) is 8.50. The quantitative estimate of drug-likeness (QED) is 0.527. The largest absolute Gasteiger partial charge is 0.305 e. The molecule has 172 valence electrons. The lowest BCUT2D eigenvalue weighted by molar-refractivity contribution is 0.0998. The van der Waals surface area contributed by atoms with E-state index in [2.05, 4.69) is 24.8 Å². The lowest BCUT2D eigenvalue weighted by atomic mass is 9.94. The molecule has 2 unspecified atom stereocenters. The van der Waals surface area contributed by atoms with Crippen molar-refractivity contribution in [3.8, 4) is 12.3 Å². The van der Waals surface area contributed by atoms with Gasteiger partial charge in [-0.3, -0.25) is 4.79 Å². The molecule has 0 radical (unpaired) electrons. The molecule has 2 aromatic carbocycles. The molecule has 1 aliphatic rings. The van der Waals surface area contributed by atoms with Gasteiger partial charge < -0.3 is 4.57 Å². The first-order valence-electron chi connectivity index (χ1n) is 10.6. The smallest absolute Gasteiger partial charge is 0.279 e. The number of thiazole rings is 1. The van der Waals surface area contributed by atoms with E-state index in [4.69, 9.17) is 6.42 Å². The van der Waals surface area contributed by atoms with Crippen LogP contribution in [0.25, 0.3) is 10.2 Å². The summed E-state index contributed by atoms with van der Waals surface area (Å²) in [5.74, 6) is 2.21. The number of sulfonamides is 1. The number of aromatic nitrogens is 1. The van der Waals surface area contributed by atoms with E-state index in [1.54, 1.807) is 10.6 Å². The van der Waals surface area contributed by atoms with E-state index in [1.807, 2.05) is 0 Å². The summed E-state index contributed by atoms with van der Waals surface area (Å²) in [5, 5.41) is 0. The molecule has 1 fully saturated rings. The predicted molar refractivity (Wildman–Crippen MR) is 127 cm³/mol. The number of terminal acetylenes is 1. The Morgan fingerprint density at radius 1 is 1.18 bits per heavy atom. The Kier molecular flexibility index (Phi) is 6.52. The second-order valence-corrected chi connectivity index (χ2v) is 11.4. The predicted octanol–water partition coefficient (Wildman–Crippen LogP) is 3.88. The van der Waals surface area contributed by atoms with E-state index in [-0.39, 0.29) is 22.8 Å². The first-order valence-corrected chi connectivity index (χ1v) is 12.9. The van der Waals surface area contributed by atoms with Crippen molar-refractivity contribution in [1.82, 2.24) is 8.87 Å². The lowest BCUT2D eigenvalue weighted by Crippen LogP contribution is -2.42. The van der Waals surface area contributed by atoms with Crippen LogP contribution < -0.4 is 4.80 Å². The van der Waals surface area contributed by atoms with Crippen LogP contribution in [0.3, 0.4) is 0 Å². The van der Waals surface area contributed by atoms with Crippen molar-refractivity contribution in [1.29, 1.82) is 0 Å². The molecule has 2 atom stereocenters. The highest BCUT2D eigenvalue weighted by molar-refractivity contribution is 7.89. The number of piperidine rings is 1. The van der Waals surface area contributed by atoms with E-state index >= 15 is 0 Å². The van der Waals surface area contributed by atoms with Gasteiger partial charge in [0.05, 0.1) is 21.7 Å². The number of nitrogens with zero attached hydrogens (tertiary/aromatic N) is 3. The van der Waals surface area contributed by atoms with Crippen molar-refractivity contribution in [3.05, 3.63) is 58.6 Å². The molecule has 0 N–H and O–H groups in total. The Hall–Kier alpha value is -2.80. The highest BCUT2D eigenvalue weighted by atomic mass is 32.2. The Morgan fingerprint density at radius 2 is 1.85 bits per heavy atom. The Bertz CT molecular complexity index is 1410. The summed E-state index contributed by atoms with van der Waals surface area (Å²) in [5.41, 5.74) is 0.947. The highest BCUT2D eigenvalue weighted by Gasteiger charge is 2.31. The molecule has 3 aromatic rings. The van der Waals surface area contributed by atoms with E-state index < -0.39 is 15.9 Å². The third kappa shape index (κ3) is 4.78. The van der Waals surface area contributed by atoms with Crippen LogP contribution in [0.5, 0.6) is 0 Å². The molecular weight excluding hydrogens is 461 g/mol. The summed E-state index contributed by atoms with van der Waals surface area (Å²) >= 11 is 1.16. The van der Waals surface area contributed by atoms with Crippen LogP contribution in [0.15, 0.2) is 52.4 Å². The number of fused-ring (bicyclic) bond motifs is 1. The fourth-order valence-corrected chi connectivity index (χ4v) is 6.98. The molecule has 4 rings (SSSR count). The molecule has 9 heteroatoms. The Morgan fingerprint density at radius 3 is 2.48 bits per heavy atom. The van der Waals surface area contributed by atoms with Gasteiger partial charge in [-0.15, -0.1) is 6.42 Å². The van der Waals surface area contributed by atoms with Gasteiger partial charge in [0.2, 0.25) is 10.0 Å². The van der Waals surface area contributed by atoms with Crippen LogP contribution in [-0.2, 0) is 16.6 Å². The zero-order valence-corrected chi connectivity index (χ0v) is 20.0. The van der Waals surface area contributed by atoms with Gasteiger partial charge in [0.1, 0.15) is 5.82 Å². The molecule has 0 aliphatic carbocycles. The molecular formula is C24H24FN3O3S2. The van der Waals surface area contributed by atoms with Gasteiger partial charge in [0.15, 0.2) is 4.80 Å².